The van der Waals surface area contributed by atoms with Crippen molar-refractivity contribution in [2.45, 2.75) is 6.92 Å². The van der Waals surface area contributed by atoms with Crippen molar-refractivity contribution < 1.29 is 4.79 Å². The minimum absolute atomic E-state index is 0.397. The number of aryl methyl sites for hydroxylation is 1. The maximum absolute atomic E-state index is 10.6. The van der Waals surface area contributed by atoms with Crippen LogP contribution in [0.1, 0.15) is 16.1 Å². The van der Waals surface area contributed by atoms with Crippen LogP contribution in [0.3, 0.4) is 0 Å². The molecule has 0 unspecified atom stereocenters. The van der Waals surface area contributed by atoms with Crippen molar-refractivity contribution in [2.75, 3.05) is 0 Å². The molecule has 0 aromatic carbocycles. The Balaban J connectivity index is 2.49. The summed E-state index contributed by atoms with van der Waals surface area (Å²) < 4.78 is 1.53. The molecule has 4 nitrogen and oxygen atoms in total. The molecule has 2 aromatic rings. The lowest BCUT2D eigenvalue weighted by atomic mass is 10.3. The molecule has 0 atom stereocenters. The second-order valence-electron chi connectivity index (χ2n) is 3.05. The lowest BCUT2D eigenvalue weighted by Gasteiger charge is -1.99. The molecule has 0 aliphatic rings. The number of carbonyl (C=O) groups excluding carboxylic acids is 1. The molecule has 0 aliphatic heterocycles. The minimum atomic E-state index is 0.397. The fraction of sp³-hybridized carbons (Fsp3) is 0.100. The molecule has 0 saturated carbocycles. The van der Waals surface area contributed by atoms with Gasteiger partial charge in [0.25, 0.3) is 0 Å². The van der Waals surface area contributed by atoms with Crippen molar-refractivity contribution in [1.82, 2.24) is 14.8 Å². The highest BCUT2D eigenvalue weighted by Gasteiger charge is 2.05. The summed E-state index contributed by atoms with van der Waals surface area (Å²) in [7, 11) is 0. The molecule has 5 heteroatoms. The molecule has 0 amide bonds. The van der Waals surface area contributed by atoms with Gasteiger partial charge in [0.2, 0.25) is 0 Å². The summed E-state index contributed by atoms with van der Waals surface area (Å²) in [4.78, 5) is 14.7. The molecule has 0 radical (unpaired) electrons. The lowest BCUT2D eigenvalue weighted by Crippen LogP contribution is -1.97. The van der Waals surface area contributed by atoms with E-state index in [0.29, 0.717) is 22.2 Å². The van der Waals surface area contributed by atoms with Gasteiger partial charge >= 0.3 is 0 Å². The van der Waals surface area contributed by atoms with Crippen LogP contribution in [-0.4, -0.2) is 21.1 Å². The third-order valence-electron chi connectivity index (χ3n) is 2.00. The van der Waals surface area contributed by atoms with Crippen LogP contribution in [0.4, 0.5) is 0 Å². The van der Waals surface area contributed by atoms with E-state index in [1.54, 1.807) is 31.3 Å². The number of carbonyl (C=O) groups is 1. The molecule has 0 aliphatic carbocycles. The summed E-state index contributed by atoms with van der Waals surface area (Å²) >= 11 is 5.75. The Morgan fingerprint density at radius 2 is 2.27 bits per heavy atom. The SMILES string of the molecule is Cc1nn(-c2cccc(Cl)n2)cc1C=O. The first-order valence-electron chi connectivity index (χ1n) is 4.35. The van der Waals surface area contributed by atoms with Crippen molar-refractivity contribution in [2.24, 2.45) is 0 Å². The van der Waals surface area contributed by atoms with Crippen LogP contribution in [0.5, 0.6) is 0 Å². The fourth-order valence-electron chi connectivity index (χ4n) is 1.23. The highest BCUT2D eigenvalue weighted by atomic mass is 35.5. The van der Waals surface area contributed by atoms with Gasteiger partial charge in [0.05, 0.1) is 11.3 Å². The number of pyridine rings is 1. The van der Waals surface area contributed by atoms with Crippen LogP contribution in [0.15, 0.2) is 24.4 Å². The van der Waals surface area contributed by atoms with E-state index in [0.717, 1.165) is 6.29 Å². The second kappa shape index (κ2) is 3.82. The molecule has 2 rings (SSSR count). The zero-order chi connectivity index (χ0) is 10.8. The molecule has 0 fully saturated rings. The van der Waals surface area contributed by atoms with Gasteiger partial charge in [-0.05, 0) is 19.1 Å². The maximum atomic E-state index is 10.6. The summed E-state index contributed by atoms with van der Waals surface area (Å²) in [5, 5.41) is 4.55. The van der Waals surface area contributed by atoms with Crippen LogP contribution < -0.4 is 0 Å². The van der Waals surface area contributed by atoms with Crippen LogP contribution in [0.2, 0.25) is 5.15 Å². The first-order chi connectivity index (χ1) is 7.20. The molecule has 0 saturated heterocycles. The zero-order valence-corrected chi connectivity index (χ0v) is 8.77. The number of aldehydes is 1. The molecular weight excluding hydrogens is 214 g/mol. The lowest BCUT2D eigenvalue weighted by molar-refractivity contribution is 0.112. The highest BCUT2D eigenvalue weighted by Crippen LogP contribution is 2.11. The molecule has 0 N–H and O–H groups in total. The van der Waals surface area contributed by atoms with Crippen molar-refractivity contribution in [3.63, 3.8) is 0 Å². The van der Waals surface area contributed by atoms with E-state index in [9.17, 15) is 4.79 Å². The van der Waals surface area contributed by atoms with Gasteiger partial charge in [-0.3, -0.25) is 4.79 Å². The van der Waals surface area contributed by atoms with Crippen LogP contribution >= 0.6 is 11.6 Å². The van der Waals surface area contributed by atoms with E-state index in [1.165, 1.54) is 4.68 Å². The van der Waals surface area contributed by atoms with Crippen molar-refractivity contribution in [3.8, 4) is 5.82 Å². The summed E-state index contributed by atoms with van der Waals surface area (Å²) in [5.74, 6) is 0.596. The third kappa shape index (κ3) is 1.89. The van der Waals surface area contributed by atoms with Gasteiger partial charge in [-0.2, -0.15) is 5.10 Å². The van der Waals surface area contributed by atoms with E-state index in [1.807, 2.05) is 0 Å². The molecule has 2 aromatic heterocycles. The number of halogens is 1. The van der Waals surface area contributed by atoms with Gasteiger partial charge in [0.1, 0.15) is 5.15 Å². The second-order valence-corrected chi connectivity index (χ2v) is 3.44. The molecule has 0 spiro atoms. The molecular formula is C10H8ClN3O. The van der Waals surface area contributed by atoms with Gasteiger partial charge in [-0.25, -0.2) is 9.67 Å². The highest BCUT2D eigenvalue weighted by molar-refractivity contribution is 6.29. The van der Waals surface area contributed by atoms with Crippen LogP contribution in [0, 0.1) is 6.92 Å². The first kappa shape index (κ1) is 9.86. The normalized spacial score (nSPS) is 10.3. The van der Waals surface area contributed by atoms with Crippen molar-refractivity contribution in [3.05, 3.63) is 40.8 Å². The third-order valence-corrected chi connectivity index (χ3v) is 2.21. The Morgan fingerprint density at radius 3 is 2.87 bits per heavy atom. The quantitative estimate of drug-likeness (QED) is 0.576. The minimum Gasteiger partial charge on any atom is -0.298 e. The number of hydrogen-bond acceptors (Lipinski definition) is 3. The Hall–Kier alpha value is -1.68. The van der Waals surface area contributed by atoms with Gasteiger partial charge < -0.3 is 0 Å². The number of nitrogens with zero attached hydrogens (tertiary/aromatic N) is 3. The largest absolute Gasteiger partial charge is 0.298 e. The predicted octanol–water partition coefficient (Wildman–Crippen LogP) is 2.04. The van der Waals surface area contributed by atoms with E-state index >= 15 is 0 Å². The summed E-state index contributed by atoms with van der Waals surface area (Å²) in [6, 6.07) is 5.23. The molecule has 15 heavy (non-hydrogen) atoms. The van der Waals surface area contributed by atoms with Gasteiger partial charge in [-0.1, -0.05) is 17.7 Å². The van der Waals surface area contributed by atoms with Gasteiger partial charge in [0, 0.05) is 6.20 Å². The topological polar surface area (TPSA) is 47.8 Å². The maximum Gasteiger partial charge on any atom is 0.155 e. The predicted molar refractivity (Wildman–Crippen MR) is 56.5 cm³/mol. The van der Waals surface area contributed by atoms with E-state index < -0.39 is 0 Å². The van der Waals surface area contributed by atoms with Gasteiger partial charge in [0.15, 0.2) is 12.1 Å². The molecule has 76 valence electrons. The summed E-state index contributed by atoms with van der Waals surface area (Å²) in [6.07, 6.45) is 2.39. The van der Waals surface area contributed by atoms with E-state index in [-0.39, 0.29) is 0 Å². The fourth-order valence-corrected chi connectivity index (χ4v) is 1.39. The smallest absolute Gasteiger partial charge is 0.155 e. The average molecular weight is 222 g/mol. The summed E-state index contributed by atoms with van der Waals surface area (Å²) in [5.41, 5.74) is 1.23. The van der Waals surface area contributed by atoms with Crippen molar-refractivity contribution >= 4 is 17.9 Å². The Morgan fingerprint density at radius 1 is 1.47 bits per heavy atom. The number of hydrogen-bond donors (Lipinski definition) is 0. The van der Waals surface area contributed by atoms with E-state index in [2.05, 4.69) is 10.1 Å². The Bertz CT molecular complexity index is 507. The van der Waals surface area contributed by atoms with Crippen LogP contribution in [-0.2, 0) is 0 Å². The van der Waals surface area contributed by atoms with Crippen LogP contribution in [0.25, 0.3) is 5.82 Å². The average Bonchev–Trinajstić information content (AvgIpc) is 2.60. The number of aromatic nitrogens is 3. The number of rotatable bonds is 2. The van der Waals surface area contributed by atoms with E-state index in [4.69, 9.17) is 11.6 Å². The Kier molecular flexibility index (Phi) is 2.51. The first-order valence-corrected chi connectivity index (χ1v) is 4.73. The standard InChI is InChI=1S/C10H8ClN3O/c1-7-8(6-15)5-14(13-7)10-4-2-3-9(11)12-10/h2-6H,1H3. The summed E-state index contributed by atoms with van der Waals surface area (Å²) in [6.45, 7) is 1.77. The Labute approximate surface area is 91.5 Å². The molecule has 0 bridgehead atoms. The molecule has 2 heterocycles. The van der Waals surface area contributed by atoms with Crippen molar-refractivity contribution in [1.29, 1.82) is 0 Å². The zero-order valence-electron chi connectivity index (χ0n) is 8.01. The monoisotopic (exact) mass is 221 g/mol. The van der Waals surface area contributed by atoms with Gasteiger partial charge in [-0.15, -0.1) is 0 Å².